The topological polar surface area (TPSA) is 18.5 Å². The zero-order chi connectivity index (χ0) is 19.3. The average Bonchev–Trinajstić information content (AvgIpc) is 3.24. The van der Waals surface area contributed by atoms with E-state index in [9.17, 15) is 0 Å². The van der Waals surface area contributed by atoms with Crippen molar-refractivity contribution in [3.8, 4) is 11.5 Å². The van der Waals surface area contributed by atoms with E-state index in [1.54, 1.807) is 14.2 Å². The monoisotopic (exact) mass is 376 g/mol. The van der Waals surface area contributed by atoms with Crippen LogP contribution in [0.5, 0.6) is 11.5 Å². The van der Waals surface area contributed by atoms with Crippen LogP contribution >= 0.6 is 0 Å². The lowest BCUT2D eigenvalue weighted by Crippen LogP contribution is -2.56. The van der Waals surface area contributed by atoms with Crippen LogP contribution in [0.25, 0.3) is 12.2 Å². The first-order valence-electron chi connectivity index (χ1n) is 9.69. The van der Waals surface area contributed by atoms with Gasteiger partial charge in [-0.15, -0.1) is 0 Å². The Balaban J connectivity index is 1.93. The second kappa shape index (κ2) is 6.41. The fourth-order valence-corrected chi connectivity index (χ4v) is 8.18. The molecule has 2 atom stereocenters. The van der Waals surface area contributed by atoms with Crippen LogP contribution in [0.4, 0.5) is 0 Å². The van der Waals surface area contributed by atoms with Gasteiger partial charge in [-0.25, -0.2) is 0 Å². The predicted octanol–water partition coefficient (Wildman–Crippen LogP) is 4.79. The van der Waals surface area contributed by atoms with Crippen LogP contribution in [0.1, 0.15) is 47.9 Å². The molecule has 0 aromatic heterocycles. The Morgan fingerprint density at radius 1 is 0.704 bits per heavy atom. The summed E-state index contributed by atoms with van der Waals surface area (Å²) in [5.41, 5.74) is 5.43. The largest absolute Gasteiger partial charge is 0.496 e. The summed E-state index contributed by atoms with van der Waals surface area (Å²) in [5.74, 6) is 2.82. The van der Waals surface area contributed by atoms with Crippen LogP contribution in [-0.4, -0.2) is 22.3 Å². The molecule has 3 heteroatoms. The minimum absolute atomic E-state index is 0.429. The first kappa shape index (κ1) is 18.1. The Morgan fingerprint density at radius 3 is 1.48 bits per heavy atom. The third-order valence-electron chi connectivity index (χ3n) is 6.29. The van der Waals surface area contributed by atoms with Gasteiger partial charge in [0.25, 0.3) is 0 Å². The Bertz CT molecular complexity index is 891. The van der Waals surface area contributed by atoms with Crippen molar-refractivity contribution < 1.29 is 9.47 Å². The number of hydrogen-bond donors (Lipinski definition) is 0. The minimum Gasteiger partial charge on any atom is -0.496 e. The molecule has 0 heterocycles. The summed E-state index contributed by atoms with van der Waals surface area (Å²) in [5, 5.41) is 3.03. The van der Waals surface area contributed by atoms with Gasteiger partial charge in [-0.05, 0) is 35.1 Å². The van der Waals surface area contributed by atoms with Crippen LogP contribution in [0, 0.1) is 0 Å². The van der Waals surface area contributed by atoms with Gasteiger partial charge in [0.1, 0.15) is 19.6 Å². The maximum absolute atomic E-state index is 5.64. The molecule has 2 aromatic rings. The summed E-state index contributed by atoms with van der Waals surface area (Å²) in [6, 6.07) is 8.93. The zero-order valence-electron chi connectivity index (χ0n) is 17.1. The molecular formula is C24H28O2Si. The Labute approximate surface area is 163 Å². The molecule has 0 aliphatic heterocycles. The van der Waals surface area contributed by atoms with E-state index in [1.165, 1.54) is 32.6 Å². The van der Waals surface area contributed by atoms with E-state index < -0.39 is 8.07 Å². The maximum Gasteiger partial charge on any atom is 0.126 e. The SMILES string of the molecule is COc1ccc([Si](C)(C)c2ccc(OC)c3c2C(C)C=C3)c2c1C=CC2C. The van der Waals surface area contributed by atoms with Gasteiger partial charge in [0.15, 0.2) is 0 Å². The van der Waals surface area contributed by atoms with Crippen molar-refractivity contribution in [1.82, 2.24) is 0 Å². The number of ether oxygens (including phenoxy) is 2. The van der Waals surface area contributed by atoms with Gasteiger partial charge in [-0.1, -0.05) is 73.8 Å². The standard InChI is InChI=1S/C24H28O2Si/c1-15-7-9-17-19(25-3)11-13-21(23(15)17)27(5,6)22-14-12-20(26-4)18-10-8-16(2)24(18)22/h7-16H,1-6H3. The number of fused-ring (bicyclic) bond motifs is 2. The normalized spacial score (nSPS) is 19.9. The zero-order valence-corrected chi connectivity index (χ0v) is 18.1. The number of allylic oxidation sites excluding steroid dienone is 2. The molecule has 0 fully saturated rings. The molecule has 2 aliphatic rings. The van der Waals surface area contributed by atoms with Gasteiger partial charge in [0.05, 0.1) is 14.2 Å². The number of methoxy groups -OCH3 is 2. The summed E-state index contributed by atoms with van der Waals surface area (Å²) in [4.78, 5) is 0. The molecule has 0 saturated carbocycles. The highest BCUT2D eigenvalue weighted by Gasteiger charge is 2.36. The lowest BCUT2D eigenvalue weighted by Gasteiger charge is -2.31. The Morgan fingerprint density at radius 2 is 1.11 bits per heavy atom. The Kier molecular flexibility index (Phi) is 4.30. The highest BCUT2D eigenvalue weighted by Crippen LogP contribution is 2.38. The molecular weight excluding hydrogens is 348 g/mol. The molecule has 2 aromatic carbocycles. The molecule has 0 saturated heterocycles. The fourth-order valence-electron chi connectivity index (χ4n) is 4.82. The van der Waals surface area contributed by atoms with E-state index in [-0.39, 0.29) is 0 Å². The van der Waals surface area contributed by atoms with Crippen LogP contribution in [-0.2, 0) is 0 Å². The van der Waals surface area contributed by atoms with Crippen molar-refractivity contribution in [2.75, 3.05) is 14.2 Å². The second-order valence-electron chi connectivity index (χ2n) is 8.21. The van der Waals surface area contributed by atoms with E-state index in [4.69, 9.17) is 9.47 Å². The molecule has 2 unspecified atom stereocenters. The molecule has 140 valence electrons. The molecule has 0 spiro atoms. The van der Waals surface area contributed by atoms with E-state index in [1.807, 2.05) is 0 Å². The highest BCUT2D eigenvalue weighted by molar-refractivity contribution is 7.01. The van der Waals surface area contributed by atoms with Crippen molar-refractivity contribution >= 4 is 30.6 Å². The van der Waals surface area contributed by atoms with Crippen LogP contribution in [0.3, 0.4) is 0 Å². The maximum atomic E-state index is 5.64. The average molecular weight is 377 g/mol. The number of hydrogen-bond acceptors (Lipinski definition) is 2. The summed E-state index contributed by atoms with van der Waals surface area (Å²) in [6.07, 6.45) is 9.05. The third-order valence-corrected chi connectivity index (χ3v) is 9.86. The van der Waals surface area contributed by atoms with Crippen molar-refractivity contribution in [3.05, 3.63) is 58.7 Å². The van der Waals surface area contributed by atoms with Crippen LogP contribution in [0.2, 0.25) is 13.1 Å². The van der Waals surface area contributed by atoms with Crippen molar-refractivity contribution in [1.29, 1.82) is 0 Å². The molecule has 27 heavy (non-hydrogen) atoms. The van der Waals surface area contributed by atoms with Crippen LogP contribution in [0.15, 0.2) is 36.4 Å². The molecule has 4 rings (SSSR count). The third kappa shape index (κ3) is 2.60. The van der Waals surface area contributed by atoms with Crippen molar-refractivity contribution in [3.63, 3.8) is 0 Å². The molecule has 2 nitrogen and oxygen atoms in total. The Hall–Kier alpha value is -2.26. The van der Waals surface area contributed by atoms with Crippen molar-refractivity contribution in [2.24, 2.45) is 0 Å². The van der Waals surface area contributed by atoms with Gasteiger partial charge in [-0.2, -0.15) is 0 Å². The van der Waals surface area contributed by atoms with Gasteiger partial charge in [0.2, 0.25) is 0 Å². The van der Waals surface area contributed by atoms with E-state index in [2.05, 4.69) is 75.5 Å². The molecule has 0 amide bonds. The summed E-state index contributed by atoms with van der Waals surface area (Å²) in [7, 11) is 1.61. The second-order valence-corrected chi connectivity index (χ2v) is 12.5. The van der Waals surface area contributed by atoms with Gasteiger partial charge >= 0.3 is 0 Å². The molecule has 2 aliphatic carbocycles. The first-order chi connectivity index (χ1) is 12.9. The summed E-state index contributed by atoms with van der Waals surface area (Å²) < 4.78 is 11.3. The first-order valence-corrected chi connectivity index (χ1v) is 12.7. The number of rotatable bonds is 4. The highest BCUT2D eigenvalue weighted by atomic mass is 28.3. The quantitative estimate of drug-likeness (QED) is 0.715. The number of benzene rings is 2. The fraction of sp³-hybridized carbons (Fsp3) is 0.333. The van der Waals surface area contributed by atoms with Crippen LogP contribution < -0.4 is 19.8 Å². The summed E-state index contributed by atoms with van der Waals surface area (Å²) in [6.45, 7) is 9.54. The van der Waals surface area contributed by atoms with E-state index >= 15 is 0 Å². The van der Waals surface area contributed by atoms with E-state index in [0.717, 1.165) is 11.5 Å². The van der Waals surface area contributed by atoms with E-state index in [0.29, 0.717) is 11.8 Å². The van der Waals surface area contributed by atoms with Gasteiger partial charge < -0.3 is 9.47 Å². The van der Waals surface area contributed by atoms with Gasteiger partial charge in [0, 0.05) is 11.1 Å². The van der Waals surface area contributed by atoms with Gasteiger partial charge in [-0.3, -0.25) is 0 Å². The molecule has 0 bridgehead atoms. The summed E-state index contributed by atoms with van der Waals surface area (Å²) >= 11 is 0. The predicted molar refractivity (Wildman–Crippen MR) is 118 cm³/mol. The lowest BCUT2D eigenvalue weighted by atomic mass is 10.0. The molecule has 0 radical (unpaired) electrons. The van der Waals surface area contributed by atoms with Crippen molar-refractivity contribution in [2.45, 2.75) is 38.8 Å². The molecule has 0 N–H and O–H groups in total. The lowest BCUT2D eigenvalue weighted by molar-refractivity contribution is 0.413. The minimum atomic E-state index is -1.92. The smallest absolute Gasteiger partial charge is 0.126 e.